The molecule has 0 aliphatic heterocycles. The second-order valence-electron chi connectivity index (χ2n) is 5.34. The number of nitrogens with one attached hydrogen (secondary N) is 1. The van der Waals surface area contributed by atoms with Crippen molar-refractivity contribution in [3.8, 4) is 16.3 Å². The van der Waals surface area contributed by atoms with Crippen LogP contribution in [0.4, 0.5) is 10.3 Å². The number of anilines is 2. The van der Waals surface area contributed by atoms with E-state index in [0.717, 1.165) is 22.7 Å². The van der Waals surface area contributed by atoms with E-state index in [0.29, 0.717) is 16.0 Å². The van der Waals surface area contributed by atoms with Gasteiger partial charge in [-0.1, -0.05) is 30.4 Å². The van der Waals surface area contributed by atoms with Gasteiger partial charge < -0.3 is 10.5 Å². The normalized spacial score (nSPS) is 10.6. The lowest BCUT2D eigenvalue weighted by Gasteiger charge is -2.07. The van der Waals surface area contributed by atoms with E-state index < -0.39 is 0 Å². The molecule has 0 fully saturated rings. The molecule has 0 unspecified atom stereocenters. The number of aromatic nitrogens is 2. The van der Waals surface area contributed by atoms with Gasteiger partial charge in [0.05, 0.1) is 16.3 Å². The Morgan fingerprint density at radius 2 is 2.20 bits per heavy atom. The van der Waals surface area contributed by atoms with E-state index in [-0.39, 0.29) is 12.5 Å². The quantitative estimate of drug-likeness (QED) is 0.686. The summed E-state index contributed by atoms with van der Waals surface area (Å²) in [6.45, 7) is 3.89. The number of nitrogen functional groups attached to an aromatic ring is 1. The van der Waals surface area contributed by atoms with Gasteiger partial charge in [0, 0.05) is 5.38 Å². The Kier molecular flexibility index (Phi) is 5.30. The Hall–Kier alpha value is -2.45. The molecule has 0 atom stereocenters. The molecule has 3 aromatic rings. The molecule has 0 bridgehead atoms. The number of carbonyl (C=O) groups is 1. The van der Waals surface area contributed by atoms with E-state index in [9.17, 15) is 4.79 Å². The van der Waals surface area contributed by atoms with E-state index in [1.807, 2.05) is 36.6 Å². The number of hydrogen-bond donors (Lipinski definition) is 2. The van der Waals surface area contributed by atoms with Crippen molar-refractivity contribution in [3.05, 3.63) is 40.9 Å². The number of thiazole rings is 2. The van der Waals surface area contributed by atoms with Gasteiger partial charge in [0.2, 0.25) is 0 Å². The monoisotopic (exact) mass is 374 g/mol. The minimum absolute atomic E-state index is 0.0647. The largest absolute Gasteiger partial charge is 0.484 e. The summed E-state index contributed by atoms with van der Waals surface area (Å²) in [6, 6.07) is 7.72. The van der Waals surface area contributed by atoms with Gasteiger partial charge in [-0.3, -0.25) is 10.1 Å². The molecule has 3 N–H and O–H groups in total. The predicted molar refractivity (Wildman–Crippen MR) is 102 cm³/mol. The first-order chi connectivity index (χ1) is 12.0. The fourth-order valence-corrected chi connectivity index (χ4v) is 3.81. The highest BCUT2D eigenvalue weighted by Gasteiger charge is 2.14. The molecule has 6 nitrogen and oxygen atoms in total. The molecule has 0 spiro atoms. The van der Waals surface area contributed by atoms with Crippen molar-refractivity contribution in [2.45, 2.75) is 20.3 Å². The Balaban J connectivity index is 1.61. The predicted octanol–water partition coefficient (Wildman–Crippen LogP) is 3.74. The Morgan fingerprint density at radius 1 is 1.36 bits per heavy atom. The van der Waals surface area contributed by atoms with Gasteiger partial charge >= 0.3 is 0 Å². The molecule has 2 aromatic heterocycles. The number of carbonyl (C=O) groups excluding carboxylic acids is 1. The SMILES string of the molecule is CCc1cccc(OCC(=O)Nc2nc(C)c(-c3csc(N)n3)s2)c1. The van der Waals surface area contributed by atoms with Crippen LogP contribution in [0.2, 0.25) is 0 Å². The van der Waals surface area contributed by atoms with Crippen molar-refractivity contribution in [2.75, 3.05) is 17.7 Å². The van der Waals surface area contributed by atoms with Gasteiger partial charge in [-0.25, -0.2) is 9.97 Å². The van der Waals surface area contributed by atoms with E-state index in [2.05, 4.69) is 22.2 Å². The minimum atomic E-state index is -0.250. The summed E-state index contributed by atoms with van der Waals surface area (Å²) >= 11 is 2.75. The number of benzene rings is 1. The first-order valence-electron chi connectivity index (χ1n) is 7.75. The van der Waals surface area contributed by atoms with E-state index in [1.165, 1.54) is 28.2 Å². The molecule has 0 saturated carbocycles. The lowest BCUT2D eigenvalue weighted by molar-refractivity contribution is -0.118. The zero-order valence-corrected chi connectivity index (χ0v) is 15.5. The lowest BCUT2D eigenvalue weighted by Crippen LogP contribution is -2.20. The van der Waals surface area contributed by atoms with Crippen LogP contribution in [-0.4, -0.2) is 22.5 Å². The van der Waals surface area contributed by atoms with Gasteiger partial charge in [-0.05, 0) is 31.0 Å². The smallest absolute Gasteiger partial charge is 0.264 e. The van der Waals surface area contributed by atoms with Crippen LogP contribution in [0.25, 0.3) is 10.6 Å². The van der Waals surface area contributed by atoms with Crippen molar-refractivity contribution < 1.29 is 9.53 Å². The lowest BCUT2D eigenvalue weighted by atomic mass is 10.2. The molecule has 2 heterocycles. The maximum absolute atomic E-state index is 12.1. The Morgan fingerprint density at radius 3 is 2.92 bits per heavy atom. The number of amides is 1. The number of aryl methyl sites for hydroxylation is 2. The molecule has 0 saturated heterocycles. The van der Waals surface area contributed by atoms with Crippen LogP contribution < -0.4 is 15.8 Å². The number of hydrogen-bond acceptors (Lipinski definition) is 7. The Bertz CT molecular complexity index is 888. The van der Waals surface area contributed by atoms with Crippen LogP contribution in [-0.2, 0) is 11.2 Å². The third kappa shape index (κ3) is 4.34. The standard InChI is InChI=1S/C17H18N4O2S2/c1-3-11-5-4-6-12(7-11)23-8-14(22)21-17-19-10(2)15(25-17)13-9-24-16(18)20-13/h4-7,9H,3,8H2,1-2H3,(H2,18,20)(H,19,21,22). The first-order valence-corrected chi connectivity index (χ1v) is 9.45. The third-order valence-electron chi connectivity index (χ3n) is 3.47. The van der Waals surface area contributed by atoms with Crippen LogP contribution in [0.1, 0.15) is 18.2 Å². The summed E-state index contributed by atoms with van der Waals surface area (Å²) in [4.78, 5) is 21.6. The molecule has 3 rings (SSSR count). The minimum Gasteiger partial charge on any atom is -0.484 e. The number of nitrogens with zero attached hydrogens (tertiary/aromatic N) is 2. The highest BCUT2D eigenvalue weighted by atomic mass is 32.1. The molecule has 0 aliphatic rings. The van der Waals surface area contributed by atoms with E-state index in [4.69, 9.17) is 10.5 Å². The van der Waals surface area contributed by atoms with Crippen LogP contribution in [0, 0.1) is 6.92 Å². The van der Waals surface area contributed by atoms with Gasteiger partial charge in [0.1, 0.15) is 5.75 Å². The second-order valence-corrected chi connectivity index (χ2v) is 7.23. The van der Waals surface area contributed by atoms with E-state index in [1.54, 1.807) is 0 Å². The average molecular weight is 374 g/mol. The Labute approximate surface area is 153 Å². The zero-order chi connectivity index (χ0) is 17.8. The molecule has 8 heteroatoms. The summed E-state index contributed by atoms with van der Waals surface area (Å²) in [5.74, 6) is 0.434. The van der Waals surface area contributed by atoms with Crippen molar-refractivity contribution in [3.63, 3.8) is 0 Å². The maximum atomic E-state index is 12.1. The van der Waals surface area contributed by atoms with Crippen molar-refractivity contribution in [1.82, 2.24) is 9.97 Å². The van der Waals surface area contributed by atoms with Gasteiger partial charge in [0.25, 0.3) is 5.91 Å². The van der Waals surface area contributed by atoms with E-state index >= 15 is 0 Å². The second kappa shape index (κ2) is 7.62. The highest BCUT2D eigenvalue weighted by Crippen LogP contribution is 2.33. The number of rotatable bonds is 6. The van der Waals surface area contributed by atoms with Crippen molar-refractivity contribution in [2.24, 2.45) is 0 Å². The number of ether oxygens (including phenoxy) is 1. The highest BCUT2D eigenvalue weighted by molar-refractivity contribution is 7.19. The molecule has 0 aliphatic carbocycles. The van der Waals surface area contributed by atoms with Gasteiger partial charge in [-0.15, -0.1) is 11.3 Å². The molecule has 1 aromatic carbocycles. The topological polar surface area (TPSA) is 90.1 Å². The average Bonchev–Trinajstić information content (AvgIpc) is 3.18. The van der Waals surface area contributed by atoms with Gasteiger partial charge in [0.15, 0.2) is 16.9 Å². The molecule has 25 heavy (non-hydrogen) atoms. The van der Waals surface area contributed by atoms with Gasteiger partial charge in [-0.2, -0.15) is 0 Å². The third-order valence-corrected chi connectivity index (χ3v) is 5.24. The summed E-state index contributed by atoms with van der Waals surface area (Å²) in [6.07, 6.45) is 0.922. The molecular weight excluding hydrogens is 356 g/mol. The molecular formula is C17H18N4O2S2. The summed E-state index contributed by atoms with van der Waals surface area (Å²) in [5.41, 5.74) is 8.43. The molecule has 0 radical (unpaired) electrons. The molecule has 1 amide bonds. The van der Waals surface area contributed by atoms with Crippen molar-refractivity contribution in [1.29, 1.82) is 0 Å². The summed E-state index contributed by atoms with van der Waals surface area (Å²) in [7, 11) is 0. The first kappa shape index (κ1) is 17.4. The number of nitrogens with two attached hydrogens (primary N) is 1. The van der Waals surface area contributed by atoms with Crippen LogP contribution >= 0.6 is 22.7 Å². The van der Waals surface area contributed by atoms with Crippen LogP contribution in [0.5, 0.6) is 5.75 Å². The van der Waals surface area contributed by atoms with Crippen LogP contribution in [0.15, 0.2) is 29.6 Å². The van der Waals surface area contributed by atoms with Crippen molar-refractivity contribution >= 4 is 38.8 Å². The fourth-order valence-electron chi connectivity index (χ4n) is 2.24. The van der Waals surface area contributed by atoms with Crippen LogP contribution in [0.3, 0.4) is 0 Å². The fraction of sp³-hybridized carbons (Fsp3) is 0.235. The maximum Gasteiger partial charge on any atom is 0.264 e. The molecule has 130 valence electrons. The summed E-state index contributed by atoms with van der Waals surface area (Å²) in [5, 5.41) is 5.68. The zero-order valence-electron chi connectivity index (χ0n) is 13.9. The summed E-state index contributed by atoms with van der Waals surface area (Å²) < 4.78 is 5.55.